The van der Waals surface area contributed by atoms with Gasteiger partial charge in [0.15, 0.2) is 0 Å². The van der Waals surface area contributed by atoms with Gasteiger partial charge in [-0.25, -0.2) is 4.98 Å². The molecule has 0 spiro atoms. The van der Waals surface area contributed by atoms with Crippen LogP contribution in [0.15, 0.2) is 35.8 Å². The van der Waals surface area contributed by atoms with Gasteiger partial charge in [-0.15, -0.1) is 11.3 Å². The van der Waals surface area contributed by atoms with E-state index in [1.54, 1.807) is 18.3 Å². The molecule has 0 fully saturated rings. The van der Waals surface area contributed by atoms with E-state index in [1.165, 1.54) is 11.3 Å². The van der Waals surface area contributed by atoms with Crippen molar-refractivity contribution >= 4 is 17.2 Å². The van der Waals surface area contributed by atoms with Gasteiger partial charge in [-0.05, 0) is 63.1 Å². The van der Waals surface area contributed by atoms with Gasteiger partial charge in [0.1, 0.15) is 10.8 Å². The lowest BCUT2D eigenvalue weighted by molar-refractivity contribution is 0.1000. The van der Waals surface area contributed by atoms with E-state index in [0.717, 1.165) is 33.1 Å². The summed E-state index contributed by atoms with van der Waals surface area (Å²) in [5.41, 5.74) is 10.6. The molecule has 26 heavy (non-hydrogen) atoms. The van der Waals surface area contributed by atoms with Gasteiger partial charge in [0.25, 0.3) is 0 Å². The molecule has 0 saturated carbocycles. The molecule has 0 radical (unpaired) electrons. The first-order chi connectivity index (χ1) is 12.3. The zero-order valence-corrected chi connectivity index (χ0v) is 16.1. The molecule has 2 aromatic heterocycles. The predicted octanol–water partition coefficient (Wildman–Crippen LogP) is 4.38. The summed E-state index contributed by atoms with van der Waals surface area (Å²) in [5.74, 6) is 0.392. The number of hydrogen-bond donors (Lipinski definition) is 1. The van der Waals surface area contributed by atoms with Crippen LogP contribution in [0.1, 0.15) is 35.3 Å². The standard InChI is InChI=1S/C20H21N3O2S/c1-11(2)25-15-7-12(3)18(13(4)8-15)17-10-26-20(23-17)16-9-14(19(21)24)5-6-22-16/h5-11H,1-4H3,(H2,21,24). The van der Waals surface area contributed by atoms with Crippen LogP contribution >= 0.6 is 11.3 Å². The lowest BCUT2D eigenvalue weighted by atomic mass is 10.00. The molecule has 2 N–H and O–H groups in total. The van der Waals surface area contributed by atoms with Gasteiger partial charge < -0.3 is 10.5 Å². The molecule has 3 aromatic rings. The average molecular weight is 367 g/mol. The van der Waals surface area contributed by atoms with Crippen LogP contribution in [0.3, 0.4) is 0 Å². The van der Waals surface area contributed by atoms with Gasteiger partial charge in [0.05, 0.1) is 17.5 Å². The van der Waals surface area contributed by atoms with E-state index >= 15 is 0 Å². The highest BCUT2D eigenvalue weighted by atomic mass is 32.1. The molecule has 5 nitrogen and oxygen atoms in total. The highest BCUT2D eigenvalue weighted by Gasteiger charge is 2.14. The molecule has 0 unspecified atom stereocenters. The zero-order chi connectivity index (χ0) is 18.8. The van der Waals surface area contributed by atoms with Crippen molar-refractivity contribution in [3.05, 3.63) is 52.5 Å². The number of ether oxygens (including phenoxy) is 1. The number of nitrogens with zero attached hydrogens (tertiary/aromatic N) is 2. The summed E-state index contributed by atoms with van der Waals surface area (Å²) in [7, 11) is 0. The summed E-state index contributed by atoms with van der Waals surface area (Å²) in [6.07, 6.45) is 1.71. The largest absolute Gasteiger partial charge is 0.491 e. The van der Waals surface area contributed by atoms with E-state index in [9.17, 15) is 4.79 Å². The van der Waals surface area contributed by atoms with Gasteiger partial charge in [-0.2, -0.15) is 0 Å². The van der Waals surface area contributed by atoms with Crippen molar-refractivity contribution in [3.63, 3.8) is 0 Å². The second-order valence-electron chi connectivity index (χ2n) is 6.43. The van der Waals surface area contributed by atoms with E-state index in [4.69, 9.17) is 15.5 Å². The average Bonchev–Trinajstić information content (AvgIpc) is 3.03. The van der Waals surface area contributed by atoms with Crippen LogP contribution in [0.5, 0.6) is 5.75 Å². The van der Waals surface area contributed by atoms with Gasteiger partial charge in [-0.3, -0.25) is 9.78 Å². The third-order valence-electron chi connectivity index (χ3n) is 3.90. The number of nitrogens with two attached hydrogens (primary N) is 1. The first kappa shape index (κ1) is 18.1. The normalized spacial score (nSPS) is 11.0. The maximum atomic E-state index is 11.4. The molecule has 6 heteroatoms. The van der Waals surface area contributed by atoms with E-state index in [1.807, 2.05) is 31.4 Å². The maximum absolute atomic E-state index is 11.4. The van der Waals surface area contributed by atoms with E-state index < -0.39 is 5.91 Å². The number of benzene rings is 1. The summed E-state index contributed by atoms with van der Waals surface area (Å²) in [4.78, 5) is 20.4. The monoisotopic (exact) mass is 367 g/mol. The Morgan fingerprint density at radius 1 is 1.15 bits per heavy atom. The summed E-state index contributed by atoms with van der Waals surface area (Å²) in [6, 6.07) is 7.34. The molecule has 2 heterocycles. The molecule has 134 valence electrons. The lowest BCUT2D eigenvalue weighted by Gasteiger charge is -2.14. The maximum Gasteiger partial charge on any atom is 0.248 e. The molecule has 1 aromatic carbocycles. The van der Waals surface area contributed by atoms with Gasteiger partial charge >= 0.3 is 0 Å². The molecule has 0 aliphatic carbocycles. The zero-order valence-electron chi connectivity index (χ0n) is 15.2. The van der Waals surface area contributed by atoms with Crippen LogP contribution < -0.4 is 10.5 Å². The summed E-state index contributed by atoms with van der Waals surface area (Å²) < 4.78 is 5.81. The Balaban J connectivity index is 1.98. The fourth-order valence-electron chi connectivity index (χ4n) is 2.87. The lowest BCUT2D eigenvalue weighted by Crippen LogP contribution is -2.10. The van der Waals surface area contributed by atoms with E-state index in [0.29, 0.717) is 11.3 Å². The third-order valence-corrected chi connectivity index (χ3v) is 4.77. The first-order valence-electron chi connectivity index (χ1n) is 8.35. The molecule has 0 aliphatic rings. The van der Waals surface area contributed by atoms with Gasteiger partial charge in [0, 0.05) is 22.7 Å². The topological polar surface area (TPSA) is 78.1 Å². The minimum atomic E-state index is -0.474. The Labute approximate surface area is 156 Å². The van der Waals surface area contributed by atoms with Crippen LogP contribution in [0.25, 0.3) is 22.0 Å². The fourth-order valence-corrected chi connectivity index (χ4v) is 3.65. The minimum absolute atomic E-state index is 0.133. The smallest absolute Gasteiger partial charge is 0.248 e. The second kappa shape index (κ2) is 7.25. The molecular formula is C20H21N3O2S. The van der Waals surface area contributed by atoms with Crippen LogP contribution in [-0.4, -0.2) is 22.0 Å². The van der Waals surface area contributed by atoms with Crippen molar-refractivity contribution in [1.29, 1.82) is 0 Å². The van der Waals surface area contributed by atoms with Crippen molar-refractivity contribution in [3.8, 4) is 27.7 Å². The summed E-state index contributed by atoms with van der Waals surface area (Å²) in [6.45, 7) is 8.14. The Morgan fingerprint density at radius 3 is 2.46 bits per heavy atom. The number of rotatable bonds is 5. The number of primary amides is 1. The molecule has 3 rings (SSSR count). The Hall–Kier alpha value is -2.73. The Bertz CT molecular complexity index is 940. The van der Waals surface area contributed by atoms with Crippen LogP contribution in [0.2, 0.25) is 0 Å². The van der Waals surface area contributed by atoms with Crippen LogP contribution in [0.4, 0.5) is 0 Å². The SMILES string of the molecule is Cc1cc(OC(C)C)cc(C)c1-c1csc(-c2cc(C(N)=O)ccn2)n1. The van der Waals surface area contributed by atoms with Crippen molar-refractivity contribution in [2.45, 2.75) is 33.8 Å². The van der Waals surface area contributed by atoms with Crippen molar-refractivity contribution in [2.75, 3.05) is 0 Å². The highest BCUT2D eigenvalue weighted by molar-refractivity contribution is 7.13. The third kappa shape index (κ3) is 3.75. The van der Waals surface area contributed by atoms with Crippen LogP contribution in [0, 0.1) is 13.8 Å². The van der Waals surface area contributed by atoms with Crippen molar-refractivity contribution in [1.82, 2.24) is 9.97 Å². The predicted molar refractivity (Wildman–Crippen MR) is 105 cm³/mol. The number of amides is 1. The van der Waals surface area contributed by atoms with Crippen LogP contribution in [-0.2, 0) is 0 Å². The molecule has 0 atom stereocenters. The molecule has 0 saturated heterocycles. The minimum Gasteiger partial charge on any atom is -0.491 e. The molecule has 0 aliphatic heterocycles. The quantitative estimate of drug-likeness (QED) is 0.726. The van der Waals surface area contributed by atoms with E-state index in [-0.39, 0.29) is 6.10 Å². The second-order valence-corrected chi connectivity index (χ2v) is 7.29. The molecule has 0 bridgehead atoms. The van der Waals surface area contributed by atoms with Crippen molar-refractivity contribution < 1.29 is 9.53 Å². The molecular weight excluding hydrogens is 346 g/mol. The fraction of sp³-hybridized carbons (Fsp3) is 0.250. The first-order valence-corrected chi connectivity index (χ1v) is 9.23. The van der Waals surface area contributed by atoms with Gasteiger partial charge in [0.2, 0.25) is 5.91 Å². The summed E-state index contributed by atoms with van der Waals surface area (Å²) >= 11 is 1.49. The number of aromatic nitrogens is 2. The number of thiazole rings is 1. The number of hydrogen-bond acceptors (Lipinski definition) is 5. The number of carbonyl (C=O) groups is 1. The highest BCUT2D eigenvalue weighted by Crippen LogP contribution is 2.34. The summed E-state index contributed by atoms with van der Waals surface area (Å²) in [5, 5.41) is 2.76. The Morgan fingerprint density at radius 2 is 1.85 bits per heavy atom. The number of carbonyl (C=O) groups excluding carboxylic acids is 1. The molecule has 1 amide bonds. The van der Waals surface area contributed by atoms with Gasteiger partial charge in [-0.1, -0.05) is 0 Å². The number of aryl methyl sites for hydroxylation is 2. The van der Waals surface area contributed by atoms with E-state index in [2.05, 4.69) is 18.8 Å². The van der Waals surface area contributed by atoms with Crippen molar-refractivity contribution in [2.24, 2.45) is 5.73 Å². The Kier molecular flexibility index (Phi) is 5.04. The number of pyridine rings is 1.